The number of rotatable bonds is 1. The molecule has 8 heteroatoms. The van der Waals surface area contributed by atoms with Crippen LogP contribution in [0.5, 0.6) is 0 Å². The maximum atomic E-state index is 12.6. The number of sulfonamides is 1. The lowest BCUT2D eigenvalue weighted by atomic mass is 9.83. The van der Waals surface area contributed by atoms with E-state index in [1.807, 2.05) is 0 Å². The number of nitro groups is 1. The molecule has 0 unspecified atom stereocenters. The van der Waals surface area contributed by atoms with E-state index in [9.17, 15) is 23.3 Å². The predicted molar refractivity (Wildman–Crippen MR) is 75.8 cm³/mol. The molecule has 2 aliphatic rings. The van der Waals surface area contributed by atoms with Crippen LogP contribution in [0.3, 0.4) is 0 Å². The zero-order valence-corrected chi connectivity index (χ0v) is 11.6. The largest absolute Gasteiger partial charge is 0.288 e. The van der Waals surface area contributed by atoms with Crippen molar-refractivity contribution in [1.82, 2.24) is 0 Å². The van der Waals surface area contributed by atoms with Crippen LogP contribution in [0.2, 0.25) is 0 Å². The highest BCUT2D eigenvalue weighted by Gasteiger charge is 2.41. The Hall–Kier alpha value is -2.87. The molecule has 4 rings (SSSR count). The van der Waals surface area contributed by atoms with E-state index in [0.29, 0.717) is 0 Å². The minimum absolute atomic E-state index is 0.0366. The summed E-state index contributed by atoms with van der Waals surface area (Å²) in [7, 11) is -3.88. The Kier molecular flexibility index (Phi) is 2.25. The summed E-state index contributed by atoms with van der Waals surface area (Å²) in [5, 5.41) is 11.2. The van der Waals surface area contributed by atoms with Crippen LogP contribution in [0.4, 0.5) is 5.69 Å². The topological polar surface area (TPSA) is 107 Å². The summed E-state index contributed by atoms with van der Waals surface area (Å²) in [6, 6.07) is 8.36. The number of nitro benzene ring substituents is 1. The van der Waals surface area contributed by atoms with Crippen LogP contribution < -0.4 is 0 Å². The van der Waals surface area contributed by atoms with E-state index >= 15 is 0 Å². The third kappa shape index (κ3) is 1.41. The van der Waals surface area contributed by atoms with Crippen molar-refractivity contribution in [2.45, 2.75) is 4.90 Å². The van der Waals surface area contributed by atoms with Gasteiger partial charge in [0.2, 0.25) is 5.78 Å². The van der Waals surface area contributed by atoms with Crippen LogP contribution in [0.1, 0.15) is 27.0 Å². The standard InChI is InChI=1S/C14H6N2O5S/c17-14-8-4-2-6-10-12(8)13(15-22(10,20)21)7-3-1-5-9(11(7)14)16(18)19/h1-6H. The summed E-state index contributed by atoms with van der Waals surface area (Å²) >= 11 is 0. The maximum Gasteiger partial charge on any atom is 0.283 e. The Morgan fingerprint density at radius 1 is 1.00 bits per heavy atom. The molecule has 0 atom stereocenters. The van der Waals surface area contributed by atoms with Crippen LogP contribution in [0.15, 0.2) is 45.7 Å². The van der Waals surface area contributed by atoms with E-state index in [2.05, 4.69) is 4.40 Å². The smallest absolute Gasteiger partial charge is 0.283 e. The molecule has 0 aromatic heterocycles. The second-order valence-corrected chi connectivity index (χ2v) is 6.45. The molecule has 2 aromatic carbocycles. The summed E-state index contributed by atoms with van der Waals surface area (Å²) in [5.41, 5.74) is 0.169. The van der Waals surface area contributed by atoms with Crippen molar-refractivity contribution in [2.24, 2.45) is 4.40 Å². The highest BCUT2D eigenvalue weighted by molar-refractivity contribution is 7.90. The summed E-state index contributed by atoms with van der Waals surface area (Å²) in [6.07, 6.45) is 0. The van der Waals surface area contributed by atoms with Crippen LogP contribution >= 0.6 is 0 Å². The second-order valence-electron chi connectivity index (χ2n) is 4.88. The van der Waals surface area contributed by atoms with Gasteiger partial charge >= 0.3 is 0 Å². The van der Waals surface area contributed by atoms with Gasteiger partial charge in [-0.05, 0) is 6.07 Å². The number of benzene rings is 2. The Morgan fingerprint density at radius 3 is 2.41 bits per heavy atom. The predicted octanol–water partition coefficient (Wildman–Crippen LogP) is 1.68. The van der Waals surface area contributed by atoms with Crippen molar-refractivity contribution in [1.29, 1.82) is 0 Å². The molecular weight excluding hydrogens is 308 g/mol. The molecule has 0 amide bonds. The molecular formula is C14H6N2O5S. The number of ketones is 1. The summed E-state index contributed by atoms with van der Waals surface area (Å²) in [4.78, 5) is 23.1. The third-order valence-corrected chi connectivity index (χ3v) is 5.04. The molecule has 1 aliphatic heterocycles. The van der Waals surface area contributed by atoms with Crippen molar-refractivity contribution >= 4 is 27.2 Å². The van der Waals surface area contributed by atoms with Crippen LogP contribution in [0, 0.1) is 10.1 Å². The molecule has 108 valence electrons. The van der Waals surface area contributed by atoms with Gasteiger partial charge in [-0.25, -0.2) is 0 Å². The second kappa shape index (κ2) is 3.86. The van der Waals surface area contributed by atoms with Crippen molar-refractivity contribution < 1.29 is 18.1 Å². The minimum Gasteiger partial charge on any atom is -0.288 e. The summed E-state index contributed by atoms with van der Waals surface area (Å²) < 4.78 is 27.9. The van der Waals surface area contributed by atoms with Gasteiger partial charge in [0.05, 0.1) is 15.5 Å². The fourth-order valence-electron chi connectivity index (χ4n) is 2.84. The van der Waals surface area contributed by atoms with Crippen molar-refractivity contribution in [3.63, 3.8) is 0 Å². The Morgan fingerprint density at radius 2 is 1.68 bits per heavy atom. The molecule has 0 fully saturated rings. The Balaban J connectivity index is 2.19. The highest BCUT2D eigenvalue weighted by atomic mass is 32.2. The molecule has 0 saturated heterocycles. The van der Waals surface area contributed by atoms with Crippen LogP contribution in [-0.2, 0) is 10.0 Å². The molecule has 2 aromatic rings. The molecule has 0 bridgehead atoms. The average molecular weight is 314 g/mol. The zero-order valence-electron chi connectivity index (χ0n) is 10.8. The first kappa shape index (κ1) is 12.8. The third-order valence-electron chi connectivity index (χ3n) is 3.72. The molecule has 7 nitrogen and oxygen atoms in total. The SMILES string of the molecule is O=C1c2cccc3c2C(=NS3(=O)=O)c2cccc([N+](=O)[O-])c21. The van der Waals surface area contributed by atoms with E-state index < -0.39 is 20.7 Å². The number of hydrogen-bond acceptors (Lipinski definition) is 5. The number of nitrogens with zero attached hydrogens (tertiary/aromatic N) is 2. The zero-order chi connectivity index (χ0) is 15.6. The average Bonchev–Trinajstić information content (AvgIpc) is 2.77. The molecule has 22 heavy (non-hydrogen) atoms. The minimum atomic E-state index is -3.88. The van der Waals surface area contributed by atoms with Gasteiger partial charge < -0.3 is 0 Å². The van der Waals surface area contributed by atoms with Crippen molar-refractivity contribution in [2.75, 3.05) is 0 Å². The van der Waals surface area contributed by atoms with Crippen molar-refractivity contribution in [3.05, 3.63) is 68.8 Å². The lowest BCUT2D eigenvalue weighted by Gasteiger charge is -2.17. The Bertz CT molecular complexity index is 1040. The molecule has 0 spiro atoms. The molecule has 0 saturated carbocycles. The number of carbonyl (C=O) groups excluding carboxylic acids is 1. The van der Waals surface area contributed by atoms with Crippen LogP contribution in [-0.4, -0.2) is 24.8 Å². The van der Waals surface area contributed by atoms with E-state index in [1.165, 1.54) is 36.4 Å². The lowest BCUT2D eigenvalue weighted by molar-refractivity contribution is -0.385. The fourth-order valence-corrected chi connectivity index (χ4v) is 4.08. The number of carbonyl (C=O) groups is 1. The summed E-state index contributed by atoms with van der Waals surface area (Å²) in [5.74, 6) is -0.560. The van der Waals surface area contributed by atoms with Gasteiger partial charge in [0.15, 0.2) is 0 Å². The quantitative estimate of drug-likeness (QED) is 0.501. The van der Waals surface area contributed by atoms with Gasteiger partial charge in [-0.2, -0.15) is 12.8 Å². The Labute approximate surface area is 124 Å². The van der Waals surface area contributed by atoms with E-state index in [0.717, 1.165) is 0 Å². The van der Waals surface area contributed by atoms with Gasteiger partial charge in [0.1, 0.15) is 5.56 Å². The summed E-state index contributed by atoms with van der Waals surface area (Å²) in [6.45, 7) is 0. The first-order chi connectivity index (χ1) is 10.4. The van der Waals surface area contributed by atoms with Gasteiger partial charge in [-0.15, -0.1) is 0 Å². The fraction of sp³-hybridized carbons (Fsp3) is 0. The molecule has 0 N–H and O–H groups in total. The lowest BCUT2D eigenvalue weighted by Crippen LogP contribution is -2.21. The monoisotopic (exact) mass is 314 g/mol. The number of fused-ring (bicyclic) bond motifs is 2. The van der Waals surface area contributed by atoms with Gasteiger partial charge in [-0.3, -0.25) is 14.9 Å². The van der Waals surface area contributed by atoms with Gasteiger partial charge in [0, 0.05) is 22.8 Å². The van der Waals surface area contributed by atoms with E-state index in [-0.39, 0.29) is 38.5 Å². The van der Waals surface area contributed by atoms with Gasteiger partial charge in [-0.1, -0.05) is 24.3 Å². The number of hydrogen-bond donors (Lipinski definition) is 0. The first-order valence-electron chi connectivity index (χ1n) is 6.22. The molecule has 0 radical (unpaired) electrons. The van der Waals surface area contributed by atoms with Crippen molar-refractivity contribution in [3.8, 4) is 0 Å². The first-order valence-corrected chi connectivity index (χ1v) is 7.66. The normalized spacial score (nSPS) is 16.7. The van der Waals surface area contributed by atoms with E-state index in [1.54, 1.807) is 0 Å². The molecule has 1 aliphatic carbocycles. The van der Waals surface area contributed by atoms with Gasteiger partial charge in [0.25, 0.3) is 15.7 Å². The maximum absolute atomic E-state index is 12.6. The molecule has 1 heterocycles. The van der Waals surface area contributed by atoms with Crippen LogP contribution in [0.25, 0.3) is 0 Å². The highest BCUT2D eigenvalue weighted by Crippen LogP contribution is 2.39. The van der Waals surface area contributed by atoms with E-state index in [4.69, 9.17) is 0 Å².